The van der Waals surface area contributed by atoms with Gasteiger partial charge in [-0.25, -0.2) is 4.39 Å². The zero-order chi connectivity index (χ0) is 33.5. The van der Waals surface area contributed by atoms with E-state index in [0.29, 0.717) is 30.8 Å². The summed E-state index contributed by atoms with van der Waals surface area (Å²) in [5, 5.41) is 22.8. The average molecular weight is 681 g/mol. The Hall–Kier alpha value is -2.33. The number of carbonyl (C=O) groups excluding carboxylic acids is 2. The third-order valence-corrected chi connectivity index (χ3v) is 13.3. The number of Topliss-reactive ketones (excluding diaryl/α,β-unsaturated/α-hetero) is 1. The van der Waals surface area contributed by atoms with Gasteiger partial charge in [0.15, 0.2) is 29.1 Å². The number of aliphatic hydroxyl groups is 2. The van der Waals surface area contributed by atoms with Crippen molar-refractivity contribution in [3.05, 3.63) is 82.4 Å². The van der Waals surface area contributed by atoms with Crippen molar-refractivity contribution in [2.24, 2.45) is 28.6 Å². The Morgan fingerprint density at radius 1 is 1.13 bits per heavy atom. The Morgan fingerprint density at radius 3 is 2.55 bits per heavy atom. The highest BCUT2D eigenvalue weighted by Crippen LogP contribution is 2.72. The molecule has 0 bridgehead atoms. The Labute approximate surface area is 284 Å². The summed E-state index contributed by atoms with van der Waals surface area (Å²) < 4.78 is 30.8. The summed E-state index contributed by atoms with van der Waals surface area (Å²) in [6.45, 7) is 7.25. The summed E-state index contributed by atoms with van der Waals surface area (Å²) in [5.74, 6) is -1.13. The second-order valence-corrected chi connectivity index (χ2v) is 16.5. The van der Waals surface area contributed by atoms with Crippen LogP contribution >= 0.6 is 23.4 Å². The second kappa shape index (κ2) is 11.6. The lowest BCUT2D eigenvalue weighted by molar-refractivity contribution is -0.231. The molecule has 0 amide bonds. The second-order valence-electron chi connectivity index (χ2n) is 14.9. The van der Waals surface area contributed by atoms with Gasteiger partial charge < -0.3 is 19.7 Å². The van der Waals surface area contributed by atoms with Crippen LogP contribution in [0.3, 0.4) is 0 Å². The lowest BCUT2D eigenvalue weighted by Gasteiger charge is -2.62. The van der Waals surface area contributed by atoms with Crippen molar-refractivity contribution in [2.45, 2.75) is 99.4 Å². The highest BCUT2D eigenvalue weighted by Gasteiger charge is 2.79. The molecule has 6 nitrogen and oxygen atoms in total. The van der Waals surface area contributed by atoms with Crippen LogP contribution in [-0.4, -0.2) is 51.9 Å². The van der Waals surface area contributed by atoms with Gasteiger partial charge in [-0.1, -0.05) is 67.9 Å². The first kappa shape index (κ1) is 33.2. The standard InChI is InChI=1S/C38H42ClFO6S/c1-21(2)15-23-16-27(10-12-30(23)39)47-26-8-5-22(6-9-26)34-45-33-18-29-28-11-7-24-17-25(42)13-14-35(24,3)37(28,40)31(43)19-36(29,4)38(33,46-34)32(44)20-41/h5-6,8-10,12-14,16-17,21,28-29,31,33-34,41,43H,7,11,15,18-20H2,1-4H3/t28-,29-,31-,33+,34+,35-,36-,37-,38+/m0/s1. The molecule has 2 aromatic rings. The van der Waals surface area contributed by atoms with Gasteiger partial charge in [-0.2, -0.15) is 0 Å². The number of hydrogen-bond acceptors (Lipinski definition) is 7. The summed E-state index contributed by atoms with van der Waals surface area (Å²) in [6.07, 6.45) is 3.72. The number of fused-ring (bicyclic) bond motifs is 7. The van der Waals surface area contributed by atoms with Gasteiger partial charge >= 0.3 is 0 Å². The van der Waals surface area contributed by atoms with Gasteiger partial charge in [-0.05, 0) is 98.9 Å². The summed E-state index contributed by atoms with van der Waals surface area (Å²) in [7, 11) is 0. The predicted molar refractivity (Wildman–Crippen MR) is 178 cm³/mol. The van der Waals surface area contributed by atoms with Gasteiger partial charge in [0.2, 0.25) is 0 Å². The number of ketones is 2. The third kappa shape index (κ3) is 4.80. The van der Waals surface area contributed by atoms with E-state index >= 15 is 4.39 Å². The molecule has 2 N–H and O–H groups in total. The molecule has 3 saturated carbocycles. The van der Waals surface area contributed by atoms with Crippen LogP contribution in [0, 0.1) is 28.6 Å². The van der Waals surface area contributed by atoms with Crippen LogP contribution in [0.15, 0.2) is 76.1 Å². The molecule has 0 unspecified atom stereocenters. The summed E-state index contributed by atoms with van der Waals surface area (Å²) >= 11 is 8.06. The topological polar surface area (TPSA) is 93.1 Å². The van der Waals surface area contributed by atoms with Gasteiger partial charge in [0, 0.05) is 37.1 Å². The Balaban J connectivity index is 1.16. The molecule has 0 spiro atoms. The van der Waals surface area contributed by atoms with E-state index < -0.39 is 58.9 Å². The SMILES string of the molecule is CC(C)Cc1cc(Sc2ccc([C@@H]3O[C@@H]4C[C@H]5[C@@H]6CCC7=CC(=O)C=C[C@]7(C)[C@@]6(F)[C@@H](O)C[C@]5(C)[C@]4(C(=O)CO)O3)cc2)ccc1Cl. The predicted octanol–water partition coefficient (Wildman–Crippen LogP) is 7.38. The number of halogens is 2. The minimum absolute atomic E-state index is 0.0386. The first-order valence-corrected chi connectivity index (χ1v) is 17.8. The fraction of sp³-hybridized carbons (Fsp3) is 0.526. The summed E-state index contributed by atoms with van der Waals surface area (Å²) in [6, 6.07) is 13.9. The molecule has 4 fully saturated rings. The number of allylic oxidation sites excluding steroid dienone is 4. The minimum Gasteiger partial charge on any atom is -0.390 e. The van der Waals surface area contributed by atoms with Crippen LogP contribution < -0.4 is 0 Å². The molecule has 0 radical (unpaired) electrons. The van der Waals surface area contributed by atoms with Gasteiger partial charge in [0.05, 0.1) is 12.2 Å². The van der Waals surface area contributed by atoms with Crippen LogP contribution in [0.1, 0.15) is 70.8 Å². The molecule has 7 rings (SSSR count). The zero-order valence-electron chi connectivity index (χ0n) is 27.2. The molecule has 0 aromatic heterocycles. The van der Waals surface area contributed by atoms with Crippen molar-refractivity contribution < 1.29 is 33.7 Å². The van der Waals surface area contributed by atoms with E-state index in [9.17, 15) is 19.8 Å². The quantitative estimate of drug-likeness (QED) is 0.315. The van der Waals surface area contributed by atoms with Gasteiger partial charge in [-0.15, -0.1) is 0 Å². The first-order valence-electron chi connectivity index (χ1n) is 16.6. The van der Waals surface area contributed by atoms with E-state index in [0.717, 1.165) is 32.4 Å². The summed E-state index contributed by atoms with van der Waals surface area (Å²) in [5.41, 5.74) is -3.15. The first-order chi connectivity index (χ1) is 22.3. The zero-order valence-corrected chi connectivity index (χ0v) is 28.7. The van der Waals surface area contributed by atoms with E-state index in [4.69, 9.17) is 21.1 Å². The van der Waals surface area contributed by atoms with Crippen molar-refractivity contribution in [1.29, 1.82) is 0 Å². The Kier molecular flexibility index (Phi) is 8.21. The minimum atomic E-state index is -2.03. The van der Waals surface area contributed by atoms with Crippen LogP contribution in [0.25, 0.3) is 0 Å². The number of hydrogen-bond donors (Lipinski definition) is 2. The van der Waals surface area contributed by atoms with E-state index in [2.05, 4.69) is 19.9 Å². The van der Waals surface area contributed by atoms with Gasteiger partial charge in [0.25, 0.3) is 0 Å². The lowest BCUT2D eigenvalue weighted by Crippen LogP contribution is -2.69. The molecule has 1 heterocycles. The molecule has 1 saturated heterocycles. The maximum absolute atomic E-state index is 17.6. The van der Waals surface area contributed by atoms with Gasteiger partial charge in [0.1, 0.15) is 6.61 Å². The number of aliphatic hydroxyl groups excluding tert-OH is 2. The van der Waals surface area contributed by atoms with Gasteiger partial charge in [-0.3, -0.25) is 9.59 Å². The van der Waals surface area contributed by atoms with Crippen LogP contribution in [-0.2, 0) is 25.5 Å². The molecule has 1 aliphatic heterocycles. The smallest absolute Gasteiger partial charge is 0.193 e. The normalized spacial score (nSPS) is 38.9. The van der Waals surface area contributed by atoms with Crippen molar-refractivity contribution in [2.75, 3.05) is 6.61 Å². The number of carbonyl (C=O) groups is 2. The molecular formula is C38H42ClFO6S. The Bertz CT molecular complexity index is 1670. The number of benzene rings is 2. The molecule has 47 heavy (non-hydrogen) atoms. The number of alkyl halides is 1. The number of ether oxygens (including phenoxy) is 2. The Morgan fingerprint density at radius 2 is 1.85 bits per heavy atom. The molecular weight excluding hydrogens is 639 g/mol. The fourth-order valence-corrected chi connectivity index (χ4v) is 10.8. The third-order valence-electron chi connectivity index (χ3n) is 12.0. The monoisotopic (exact) mass is 680 g/mol. The van der Waals surface area contributed by atoms with Crippen molar-refractivity contribution in [1.82, 2.24) is 0 Å². The molecule has 9 atom stereocenters. The summed E-state index contributed by atoms with van der Waals surface area (Å²) in [4.78, 5) is 28.1. The van der Waals surface area contributed by atoms with E-state index in [-0.39, 0.29) is 18.1 Å². The highest BCUT2D eigenvalue weighted by molar-refractivity contribution is 7.99. The maximum Gasteiger partial charge on any atom is 0.193 e. The molecule has 9 heteroatoms. The largest absolute Gasteiger partial charge is 0.390 e. The van der Waals surface area contributed by atoms with E-state index in [1.54, 1.807) is 24.8 Å². The molecule has 5 aliphatic rings. The lowest BCUT2D eigenvalue weighted by atomic mass is 9.44. The molecule has 4 aliphatic carbocycles. The van der Waals surface area contributed by atoms with E-state index in [1.807, 2.05) is 43.3 Å². The van der Waals surface area contributed by atoms with Crippen LogP contribution in [0.4, 0.5) is 4.39 Å². The van der Waals surface area contributed by atoms with E-state index in [1.165, 1.54) is 12.2 Å². The highest BCUT2D eigenvalue weighted by atomic mass is 35.5. The average Bonchev–Trinajstić information content (AvgIpc) is 3.53. The molecule has 250 valence electrons. The van der Waals surface area contributed by atoms with Crippen LogP contribution in [0.5, 0.6) is 0 Å². The van der Waals surface area contributed by atoms with Crippen LogP contribution in [0.2, 0.25) is 5.02 Å². The number of rotatable bonds is 7. The fourth-order valence-electron chi connectivity index (χ4n) is 9.76. The van der Waals surface area contributed by atoms with Crippen molar-refractivity contribution in [3.8, 4) is 0 Å². The maximum atomic E-state index is 17.6. The van der Waals surface area contributed by atoms with Crippen molar-refractivity contribution in [3.63, 3.8) is 0 Å². The molecule has 2 aromatic carbocycles. The van der Waals surface area contributed by atoms with Crippen molar-refractivity contribution >= 4 is 34.9 Å².